The van der Waals surface area contributed by atoms with Crippen molar-refractivity contribution in [1.82, 2.24) is 5.32 Å². The lowest BCUT2D eigenvalue weighted by molar-refractivity contribution is 0.173. The van der Waals surface area contributed by atoms with Crippen LogP contribution in [0.2, 0.25) is 0 Å². The van der Waals surface area contributed by atoms with Gasteiger partial charge in [-0.1, -0.05) is 18.2 Å². The van der Waals surface area contributed by atoms with Crippen LogP contribution in [0.25, 0.3) is 0 Å². The lowest BCUT2D eigenvalue weighted by Gasteiger charge is -2.17. The van der Waals surface area contributed by atoms with E-state index in [2.05, 4.69) is 12.2 Å². The maximum atomic E-state index is 8.88. The highest BCUT2D eigenvalue weighted by molar-refractivity contribution is 5.48. The summed E-state index contributed by atoms with van der Waals surface area (Å²) in [4.78, 5) is 0. The average molecular weight is 345 g/mol. The molecule has 2 N–H and O–H groups in total. The van der Waals surface area contributed by atoms with Crippen molar-refractivity contribution in [2.24, 2.45) is 0 Å². The minimum absolute atomic E-state index is 0.0317. The minimum Gasteiger partial charge on any atom is -0.493 e. The SMILES string of the molecule is COc1cc([C@H](C)NCc2cccc3c2OCO3)ccc1OCCO. The van der Waals surface area contributed by atoms with Crippen molar-refractivity contribution < 1.29 is 24.1 Å². The molecule has 1 atom stereocenters. The summed E-state index contributed by atoms with van der Waals surface area (Å²) in [5.74, 6) is 2.88. The highest BCUT2D eigenvalue weighted by Gasteiger charge is 2.18. The molecule has 0 bridgehead atoms. The Kier molecular flexibility index (Phi) is 5.63. The number of hydrogen-bond acceptors (Lipinski definition) is 6. The smallest absolute Gasteiger partial charge is 0.231 e. The Morgan fingerprint density at radius 3 is 2.88 bits per heavy atom. The van der Waals surface area contributed by atoms with E-state index < -0.39 is 0 Å². The number of para-hydroxylation sites is 1. The van der Waals surface area contributed by atoms with Gasteiger partial charge in [-0.05, 0) is 30.7 Å². The lowest BCUT2D eigenvalue weighted by atomic mass is 10.1. The van der Waals surface area contributed by atoms with E-state index in [-0.39, 0.29) is 26.0 Å². The zero-order valence-electron chi connectivity index (χ0n) is 14.5. The number of aliphatic hydroxyl groups is 1. The normalized spacial score (nSPS) is 13.6. The second-order valence-corrected chi connectivity index (χ2v) is 5.74. The predicted octanol–water partition coefficient (Wildman–Crippen LogP) is 2.65. The van der Waals surface area contributed by atoms with Gasteiger partial charge in [0, 0.05) is 18.2 Å². The van der Waals surface area contributed by atoms with Gasteiger partial charge in [0.15, 0.2) is 23.0 Å². The van der Waals surface area contributed by atoms with Crippen LogP contribution in [0.5, 0.6) is 23.0 Å². The van der Waals surface area contributed by atoms with Crippen LogP contribution >= 0.6 is 0 Å². The summed E-state index contributed by atoms with van der Waals surface area (Å²) in [5, 5.41) is 12.4. The fraction of sp³-hybridized carbons (Fsp3) is 0.368. The Morgan fingerprint density at radius 1 is 1.20 bits per heavy atom. The molecule has 2 aromatic carbocycles. The molecule has 0 aromatic heterocycles. The molecule has 25 heavy (non-hydrogen) atoms. The highest BCUT2D eigenvalue weighted by Crippen LogP contribution is 2.35. The first-order valence-corrected chi connectivity index (χ1v) is 8.25. The molecule has 3 rings (SSSR count). The number of ether oxygens (including phenoxy) is 4. The summed E-state index contributed by atoms with van der Waals surface area (Å²) >= 11 is 0. The Hall–Kier alpha value is -2.44. The number of rotatable bonds is 8. The number of hydrogen-bond donors (Lipinski definition) is 2. The van der Waals surface area contributed by atoms with Gasteiger partial charge in [-0.25, -0.2) is 0 Å². The molecular weight excluding hydrogens is 322 g/mol. The van der Waals surface area contributed by atoms with Crippen LogP contribution in [0, 0.1) is 0 Å². The molecule has 0 saturated heterocycles. The minimum atomic E-state index is -0.0317. The van der Waals surface area contributed by atoms with Crippen LogP contribution in [0.1, 0.15) is 24.1 Å². The second-order valence-electron chi connectivity index (χ2n) is 5.74. The van der Waals surface area contributed by atoms with E-state index in [1.165, 1.54) is 0 Å². The highest BCUT2D eigenvalue weighted by atomic mass is 16.7. The first kappa shape index (κ1) is 17.4. The molecule has 6 heteroatoms. The molecule has 1 aliphatic rings. The van der Waals surface area contributed by atoms with E-state index in [1.807, 2.05) is 36.4 Å². The van der Waals surface area contributed by atoms with Crippen molar-refractivity contribution in [2.75, 3.05) is 27.1 Å². The number of benzene rings is 2. The molecule has 0 spiro atoms. The molecular formula is C19H23NO5. The molecule has 0 aliphatic carbocycles. The van der Waals surface area contributed by atoms with Gasteiger partial charge in [0.05, 0.1) is 13.7 Å². The van der Waals surface area contributed by atoms with E-state index in [0.29, 0.717) is 18.0 Å². The Labute approximate surface area is 147 Å². The standard InChI is InChI=1S/C19H23NO5/c1-13(14-6-7-16(23-9-8-21)18(10-14)22-2)20-11-15-4-3-5-17-19(15)25-12-24-17/h3-7,10,13,20-21H,8-9,11-12H2,1-2H3/t13-/m0/s1. The molecule has 1 aliphatic heterocycles. The molecule has 1 heterocycles. The number of aliphatic hydroxyl groups excluding tert-OH is 1. The van der Waals surface area contributed by atoms with Crippen molar-refractivity contribution in [2.45, 2.75) is 19.5 Å². The summed E-state index contributed by atoms with van der Waals surface area (Å²) in [7, 11) is 1.60. The van der Waals surface area contributed by atoms with Crippen molar-refractivity contribution >= 4 is 0 Å². The maximum absolute atomic E-state index is 8.88. The summed E-state index contributed by atoms with van der Waals surface area (Å²) in [6.07, 6.45) is 0. The summed E-state index contributed by atoms with van der Waals surface area (Å²) in [6, 6.07) is 11.8. The number of methoxy groups -OCH3 is 1. The van der Waals surface area contributed by atoms with Crippen LogP contribution in [0.3, 0.4) is 0 Å². The van der Waals surface area contributed by atoms with Crippen LogP contribution in [0.4, 0.5) is 0 Å². The maximum Gasteiger partial charge on any atom is 0.231 e. The fourth-order valence-electron chi connectivity index (χ4n) is 2.74. The van der Waals surface area contributed by atoms with Gasteiger partial charge in [0.1, 0.15) is 6.61 Å². The monoisotopic (exact) mass is 345 g/mol. The zero-order valence-corrected chi connectivity index (χ0v) is 14.5. The average Bonchev–Trinajstić information content (AvgIpc) is 3.13. The lowest BCUT2D eigenvalue weighted by Crippen LogP contribution is -2.18. The first-order chi connectivity index (χ1) is 12.2. The Balaban J connectivity index is 1.67. The second kappa shape index (κ2) is 8.09. The molecule has 6 nitrogen and oxygen atoms in total. The third-order valence-electron chi connectivity index (χ3n) is 4.11. The number of fused-ring (bicyclic) bond motifs is 1. The molecule has 0 radical (unpaired) electrons. The molecule has 0 amide bonds. The van der Waals surface area contributed by atoms with Crippen molar-refractivity contribution in [1.29, 1.82) is 0 Å². The summed E-state index contributed by atoms with van der Waals surface area (Å²) in [5.41, 5.74) is 2.15. The Morgan fingerprint density at radius 2 is 2.08 bits per heavy atom. The van der Waals surface area contributed by atoms with E-state index in [9.17, 15) is 0 Å². The van der Waals surface area contributed by atoms with Crippen LogP contribution in [-0.2, 0) is 6.54 Å². The topological polar surface area (TPSA) is 69.2 Å². The summed E-state index contributed by atoms with van der Waals surface area (Å²) in [6.45, 7) is 3.23. The quantitative estimate of drug-likeness (QED) is 0.767. The third kappa shape index (κ3) is 3.97. The fourth-order valence-corrected chi connectivity index (χ4v) is 2.74. The molecule has 2 aromatic rings. The summed E-state index contributed by atoms with van der Waals surface area (Å²) < 4.78 is 21.8. The van der Waals surface area contributed by atoms with E-state index >= 15 is 0 Å². The van der Waals surface area contributed by atoms with Gasteiger partial charge in [0.25, 0.3) is 0 Å². The molecule has 134 valence electrons. The third-order valence-corrected chi connectivity index (χ3v) is 4.11. The largest absolute Gasteiger partial charge is 0.493 e. The zero-order chi connectivity index (χ0) is 17.6. The van der Waals surface area contributed by atoms with Crippen molar-refractivity contribution in [3.63, 3.8) is 0 Å². The van der Waals surface area contributed by atoms with Crippen molar-refractivity contribution in [3.05, 3.63) is 47.5 Å². The molecule has 0 fully saturated rings. The van der Waals surface area contributed by atoms with E-state index in [1.54, 1.807) is 7.11 Å². The van der Waals surface area contributed by atoms with Gasteiger partial charge in [-0.15, -0.1) is 0 Å². The van der Waals surface area contributed by atoms with Gasteiger partial charge in [0.2, 0.25) is 6.79 Å². The van der Waals surface area contributed by atoms with Gasteiger partial charge in [-0.2, -0.15) is 0 Å². The van der Waals surface area contributed by atoms with Gasteiger partial charge >= 0.3 is 0 Å². The van der Waals surface area contributed by atoms with Crippen molar-refractivity contribution in [3.8, 4) is 23.0 Å². The first-order valence-electron chi connectivity index (χ1n) is 8.25. The number of nitrogens with one attached hydrogen (secondary N) is 1. The van der Waals surface area contributed by atoms with E-state index in [4.69, 9.17) is 24.1 Å². The van der Waals surface area contributed by atoms with E-state index in [0.717, 1.165) is 22.6 Å². The van der Waals surface area contributed by atoms with Gasteiger partial charge in [-0.3, -0.25) is 0 Å². The predicted molar refractivity (Wildman–Crippen MR) is 93.4 cm³/mol. The Bertz CT molecular complexity index is 719. The van der Waals surface area contributed by atoms with Crippen LogP contribution in [0.15, 0.2) is 36.4 Å². The van der Waals surface area contributed by atoms with Crippen LogP contribution < -0.4 is 24.3 Å². The molecule has 0 saturated carbocycles. The van der Waals surface area contributed by atoms with Gasteiger partial charge < -0.3 is 29.4 Å². The molecule has 0 unspecified atom stereocenters. The van der Waals surface area contributed by atoms with Crippen LogP contribution in [-0.4, -0.2) is 32.2 Å².